The van der Waals surface area contributed by atoms with E-state index in [0.29, 0.717) is 18.1 Å². The third-order valence-corrected chi connectivity index (χ3v) is 6.05. The number of hydrogen-bond donors (Lipinski definition) is 2. The van der Waals surface area contributed by atoms with Gasteiger partial charge in [-0.05, 0) is 49.1 Å². The minimum Gasteiger partial charge on any atom is -0.396 e. The number of nitrogens with zero attached hydrogens (tertiary/aromatic N) is 1. The standard InChI is InChI=1S/C19H26N2O/c1-2-19(9-5-11-22)12-17-18-15(8-10-21(17)13-19)14-6-3-4-7-16(14)20-18/h3-4,6-7,17,20,22H,2,5,8-13H2,1H3/t17-,19-/m1/s1. The summed E-state index contributed by atoms with van der Waals surface area (Å²) in [5.41, 5.74) is 4.70. The molecule has 1 aromatic heterocycles. The molecule has 2 N–H and O–H groups in total. The van der Waals surface area contributed by atoms with Crippen molar-refractivity contribution in [2.75, 3.05) is 19.7 Å². The van der Waals surface area contributed by atoms with Gasteiger partial charge in [-0.3, -0.25) is 4.90 Å². The predicted octanol–water partition coefficient (Wildman–Crippen LogP) is 3.64. The maximum Gasteiger partial charge on any atom is 0.0507 e. The first-order chi connectivity index (χ1) is 10.8. The molecule has 0 radical (unpaired) electrons. The number of aromatic nitrogens is 1. The summed E-state index contributed by atoms with van der Waals surface area (Å²) in [6.07, 6.45) is 5.71. The first-order valence-electron chi connectivity index (χ1n) is 8.71. The molecule has 1 fully saturated rings. The van der Waals surface area contributed by atoms with Crippen LogP contribution in [0.25, 0.3) is 10.9 Å². The quantitative estimate of drug-likeness (QED) is 0.904. The summed E-state index contributed by atoms with van der Waals surface area (Å²) in [5.74, 6) is 0. The molecule has 1 saturated heterocycles. The Morgan fingerprint density at radius 3 is 3.05 bits per heavy atom. The van der Waals surface area contributed by atoms with Crippen LogP contribution in [0.4, 0.5) is 0 Å². The maximum atomic E-state index is 9.23. The third-order valence-electron chi connectivity index (χ3n) is 6.05. The Bertz CT molecular complexity index is 677. The smallest absolute Gasteiger partial charge is 0.0507 e. The number of hydrogen-bond acceptors (Lipinski definition) is 2. The monoisotopic (exact) mass is 298 g/mol. The van der Waals surface area contributed by atoms with E-state index in [4.69, 9.17) is 0 Å². The molecule has 118 valence electrons. The Morgan fingerprint density at radius 1 is 1.36 bits per heavy atom. The Kier molecular flexibility index (Phi) is 3.50. The minimum atomic E-state index is 0.323. The molecule has 4 rings (SSSR count). The van der Waals surface area contributed by atoms with E-state index >= 15 is 0 Å². The molecule has 1 aromatic carbocycles. The highest BCUT2D eigenvalue weighted by atomic mass is 16.2. The lowest BCUT2D eigenvalue weighted by molar-refractivity contribution is 0.193. The van der Waals surface area contributed by atoms with Crippen molar-refractivity contribution in [2.24, 2.45) is 5.41 Å². The molecule has 0 aliphatic carbocycles. The third kappa shape index (κ3) is 2.10. The van der Waals surface area contributed by atoms with Gasteiger partial charge < -0.3 is 10.1 Å². The SMILES string of the molecule is CC[C@@]1(CCCO)C[C@@H]2c3[nH]c4ccccc4c3CCN2C1. The molecule has 0 saturated carbocycles. The van der Waals surface area contributed by atoms with Crippen molar-refractivity contribution in [3.05, 3.63) is 35.5 Å². The van der Waals surface area contributed by atoms with Gasteiger partial charge in [0.25, 0.3) is 0 Å². The second-order valence-electron chi connectivity index (χ2n) is 7.18. The molecule has 0 amide bonds. The molecular weight excluding hydrogens is 272 g/mol. The second kappa shape index (κ2) is 5.39. The molecular formula is C19H26N2O. The van der Waals surface area contributed by atoms with Crippen molar-refractivity contribution in [1.29, 1.82) is 0 Å². The number of aliphatic hydroxyl groups is 1. The van der Waals surface area contributed by atoms with Crippen LogP contribution in [0.1, 0.15) is 49.9 Å². The topological polar surface area (TPSA) is 39.3 Å². The Morgan fingerprint density at radius 2 is 2.23 bits per heavy atom. The van der Waals surface area contributed by atoms with E-state index < -0.39 is 0 Å². The largest absolute Gasteiger partial charge is 0.396 e. The van der Waals surface area contributed by atoms with E-state index in [2.05, 4.69) is 41.1 Å². The first kappa shape index (κ1) is 14.3. The zero-order chi connectivity index (χ0) is 15.2. The van der Waals surface area contributed by atoms with Crippen LogP contribution in [0.5, 0.6) is 0 Å². The van der Waals surface area contributed by atoms with E-state index in [1.807, 2.05) is 0 Å². The number of benzene rings is 1. The van der Waals surface area contributed by atoms with Gasteiger partial charge in [0.05, 0.1) is 6.04 Å². The van der Waals surface area contributed by atoms with Crippen LogP contribution in [0.2, 0.25) is 0 Å². The van der Waals surface area contributed by atoms with Gasteiger partial charge in [0.15, 0.2) is 0 Å². The minimum absolute atomic E-state index is 0.323. The Balaban J connectivity index is 1.70. The molecule has 22 heavy (non-hydrogen) atoms. The fraction of sp³-hybridized carbons (Fsp3) is 0.579. The van der Waals surface area contributed by atoms with Crippen LogP contribution in [0.15, 0.2) is 24.3 Å². The zero-order valence-corrected chi connectivity index (χ0v) is 13.4. The molecule has 2 atom stereocenters. The molecule has 2 aromatic rings. The van der Waals surface area contributed by atoms with Gasteiger partial charge in [0.2, 0.25) is 0 Å². The van der Waals surface area contributed by atoms with Gasteiger partial charge in [-0.2, -0.15) is 0 Å². The summed E-state index contributed by atoms with van der Waals surface area (Å²) in [6, 6.07) is 9.28. The summed E-state index contributed by atoms with van der Waals surface area (Å²) >= 11 is 0. The number of rotatable bonds is 4. The van der Waals surface area contributed by atoms with E-state index in [0.717, 1.165) is 19.3 Å². The van der Waals surface area contributed by atoms with Gasteiger partial charge in [-0.1, -0.05) is 25.1 Å². The number of aliphatic hydroxyl groups excluding tert-OH is 1. The van der Waals surface area contributed by atoms with Crippen LogP contribution < -0.4 is 0 Å². The summed E-state index contributed by atoms with van der Waals surface area (Å²) in [7, 11) is 0. The van der Waals surface area contributed by atoms with E-state index in [-0.39, 0.29) is 0 Å². The zero-order valence-electron chi connectivity index (χ0n) is 13.4. The van der Waals surface area contributed by atoms with Crippen LogP contribution in [0, 0.1) is 5.41 Å². The van der Waals surface area contributed by atoms with E-state index in [9.17, 15) is 5.11 Å². The molecule has 0 unspecified atom stereocenters. The average Bonchev–Trinajstić information content (AvgIpc) is 3.11. The number of fused-ring (bicyclic) bond motifs is 5. The molecule has 3 heterocycles. The lowest BCUT2D eigenvalue weighted by Crippen LogP contribution is -2.32. The average molecular weight is 298 g/mol. The van der Waals surface area contributed by atoms with Gasteiger partial charge >= 0.3 is 0 Å². The van der Waals surface area contributed by atoms with Crippen LogP contribution >= 0.6 is 0 Å². The summed E-state index contributed by atoms with van der Waals surface area (Å²) in [5, 5.41) is 10.6. The maximum absolute atomic E-state index is 9.23. The van der Waals surface area contributed by atoms with Crippen molar-refractivity contribution < 1.29 is 5.11 Å². The van der Waals surface area contributed by atoms with Crippen molar-refractivity contribution in [3.8, 4) is 0 Å². The van der Waals surface area contributed by atoms with Crippen molar-refractivity contribution >= 4 is 10.9 Å². The molecule has 2 aliphatic heterocycles. The fourth-order valence-electron chi connectivity index (χ4n) is 4.76. The van der Waals surface area contributed by atoms with E-state index in [1.165, 1.54) is 42.5 Å². The number of aromatic amines is 1. The van der Waals surface area contributed by atoms with Gasteiger partial charge in [0.1, 0.15) is 0 Å². The highest BCUT2D eigenvalue weighted by Crippen LogP contribution is 2.50. The van der Waals surface area contributed by atoms with Gasteiger partial charge in [-0.15, -0.1) is 0 Å². The summed E-state index contributed by atoms with van der Waals surface area (Å²) in [6.45, 7) is 5.02. The van der Waals surface area contributed by atoms with Crippen LogP contribution in [-0.4, -0.2) is 34.7 Å². The second-order valence-corrected chi connectivity index (χ2v) is 7.18. The normalized spacial score (nSPS) is 28.0. The van der Waals surface area contributed by atoms with Gasteiger partial charge in [0, 0.05) is 36.3 Å². The van der Waals surface area contributed by atoms with Crippen LogP contribution in [0.3, 0.4) is 0 Å². The number of H-pyrrole nitrogens is 1. The molecule has 3 nitrogen and oxygen atoms in total. The van der Waals surface area contributed by atoms with E-state index in [1.54, 1.807) is 5.56 Å². The highest BCUT2D eigenvalue weighted by molar-refractivity contribution is 5.85. The van der Waals surface area contributed by atoms with Crippen molar-refractivity contribution in [1.82, 2.24) is 9.88 Å². The van der Waals surface area contributed by atoms with Crippen molar-refractivity contribution in [3.63, 3.8) is 0 Å². The Labute approximate surface area is 132 Å². The first-order valence-corrected chi connectivity index (χ1v) is 8.71. The summed E-state index contributed by atoms with van der Waals surface area (Å²) < 4.78 is 0. The lowest BCUT2D eigenvalue weighted by atomic mass is 9.78. The van der Waals surface area contributed by atoms with Crippen LogP contribution in [-0.2, 0) is 6.42 Å². The molecule has 2 aliphatic rings. The summed E-state index contributed by atoms with van der Waals surface area (Å²) in [4.78, 5) is 6.39. The van der Waals surface area contributed by atoms with Crippen molar-refractivity contribution in [2.45, 2.75) is 45.1 Å². The lowest BCUT2D eigenvalue weighted by Gasteiger charge is -2.30. The highest BCUT2D eigenvalue weighted by Gasteiger charge is 2.45. The predicted molar refractivity (Wildman–Crippen MR) is 90.0 cm³/mol. The number of para-hydroxylation sites is 1. The fourth-order valence-corrected chi connectivity index (χ4v) is 4.76. The number of nitrogens with one attached hydrogen (secondary N) is 1. The van der Waals surface area contributed by atoms with Gasteiger partial charge in [-0.25, -0.2) is 0 Å². The Hall–Kier alpha value is -1.32. The molecule has 3 heteroatoms. The molecule has 0 spiro atoms. The molecule has 0 bridgehead atoms.